The third-order valence-corrected chi connectivity index (χ3v) is 3.15. The van der Waals surface area contributed by atoms with Crippen LogP contribution < -0.4 is 10.1 Å². The molecule has 0 unspecified atom stereocenters. The lowest BCUT2D eigenvalue weighted by Crippen LogP contribution is -2.13. The maximum atomic E-state index is 12.2. The summed E-state index contributed by atoms with van der Waals surface area (Å²) in [5.74, 6) is 0.0204. The predicted molar refractivity (Wildman–Crippen MR) is 79.1 cm³/mol. The van der Waals surface area contributed by atoms with Gasteiger partial charge in [0.2, 0.25) is 0 Å². The molecule has 20 heavy (non-hydrogen) atoms. The van der Waals surface area contributed by atoms with Crippen molar-refractivity contribution in [3.05, 3.63) is 52.0 Å². The van der Waals surface area contributed by atoms with Crippen molar-refractivity contribution >= 4 is 34.8 Å². The number of methoxy groups -OCH3 is 1. The Bertz CT molecular complexity index is 659. The van der Waals surface area contributed by atoms with E-state index in [1.54, 1.807) is 12.1 Å². The van der Waals surface area contributed by atoms with E-state index in [0.717, 1.165) is 0 Å². The van der Waals surface area contributed by atoms with Gasteiger partial charge in [0.1, 0.15) is 11.5 Å². The molecule has 104 valence electrons. The average Bonchev–Trinajstić information content (AvgIpc) is 2.41. The highest BCUT2D eigenvalue weighted by Gasteiger charge is 2.14. The smallest absolute Gasteiger partial charge is 0.259 e. The Balaban J connectivity index is 2.30. The van der Waals surface area contributed by atoms with Gasteiger partial charge in [0, 0.05) is 11.1 Å². The van der Waals surface area contributed by atoms with Crippen LogP contribution in [0.15, 0.2) is 36.4 Å². The van der Waals surface area contributed by atoms with E-state index in [-0.39, 0.29) is 10.8 Å². The van der Waals surface area contributed by atoms with Crippen molar-refractivity contribution in [2.24, 2.45) is 0 Å². The molecule has 0 aromatic heterocycles. The molecule has 0 spiro atoms. The Kier molecular flexibility index (Phi) is 4.37. The fraction of sp³-hybridized carbons (Fsp3) is 0.0714. The number of anilines is 1. The zero-order valence-electron chi connectivity index (χ0n) is 10.5. The van der Waals surface area contributed by atoms with Gasteiger partial charge in [0.05, 0.1) is 23.4 Å². The molecule has 0 fully saturated rings. The first kappa shape index (κ1) is 14.5. The van der Waals surface area contributed by atoms with E-state index in [1.165, 1.54) is 31.4 Å². The summed E-state index contributed by atoms with van der Waals surface area (Å²) in [5.41, 5.74) is 0.681. The highest BCUT2D eigenvalue weighted by Crippen LogP contribution is 2.28. The molecule has 2 aromatic rings. The van der Waals surface area contributed by atoms with E-state index >= 15 is 0 Å². The van der Waals surface area contributed by atoms with Crippen LogP contribution in [0.25, 0.3) is 0 Å². The van der Waals surface area contributed by atoms with Crippen LogP contribution in [0.3, 0.4) is 0 Å². The molecule has 2 N–H and O–H groups in total. The molecule has 0 atom stereocenters. The number of amides is 1. The van der Waals surface area contributed by atoms with E-state index in [0.29, 0.717) is 22.0 Å². The molecule has 2 rings (SSSR count). The van der Waals surface area contributed by atoms with E-state index in [4.69, 9.17) is 27.9 Å². The molecule has 6 heteroatoms. The number of carbonyl (C=O) groups is 1. The fourth-order valence-electron chi connectivity index (χ4n) is 1.65. The van der Waals surface area contributed by atoms with Gasteiger partial charge in [-0.25, -0.2) is 0 Å². The lowest BCUT2D eigenvalue weighted by atomic mass is 10.2. The number of hydrogen-bond acceptors (Lipinski definition) is 3. The molecular formula is C14H11Cl2NO3. The zero-order valence-corrected chi connectivity index (χ0v) is 12.0. The van der Waals surface area contributed by atoms with Gasteiger partial charge in [-0.2, -0.15) is 0 Å². The lowest BCUT2D eigenvalue weighted by Gasteiger charge is -2.11. The number of carbonyl (C=O) groups excluding carboxylic acids is 1. The minimum Gasteiger partial charge on any atom is -0.508 e. The summed E-state index contributed by atoms with van der Waals surface area (Å²) >= 11 is 11.8. The molecular weight excluding hydrogens is 301 g/mol. The number of hydrogen-bond donors (Lipinski definition) is 2. The number of nitrogens with one attached hydrogen (secondary N) is 1. The Morgan fingerprint density at radius 2 is 1.95 bits per heavy atom. The van der Waals surface area contributed by atoms with Crippen molar-refractivity contribution in [3.8, 4) is 11.5 Å². The normalized spacial score (nSPS) is 10.2. The first-order valence-corrected chi connectivity index (χ1v) is 6.40. The van der Waals surface area contributed by atoms with Gasteiger partial charge in [-0.1, -0.05) is 23.2 Å². The summed E-state index contributed by atoms with van der Waals surface area (Å²) < 4.78 is 5.12. The van der Waals surface area contributed by atoms with Crippen molar-refractivity contribution in [1.29, 1.82) is 0 Å². The number of aromatic hydroxyl groups is 1. The monoisotopic (exact) mass is 311 g/mol. The van der Waals surface area contributed by atoms with Gasteiger partial charge in [-0.05, 0) is 30.3 Å². The molecule has 0 saturated heterocycles. The Labute approximate surface area is 125 Å². The van der Waals surface area contributed by atoms with E-state index < -0.39 is 5.91 Å². The number of rotatable bonds is 3. The molecule has 0 heterocycles. The minimum absolute atomic E-state index is 0.0216. The average molecular weight is 312 g/mol. The molecule has 0 radical (unpaired) electrons. The number of benzene rings is 2. The highest BCUT2D eigenvalue weighted by atomic mass is 35.5. The summed E-state index contributed by atoms with van der Waals surface area (Å²) in [6, 6.07) is 9.01. The predicted octanol–water partition coefficient (Wildman–Crippen LogP) is 3.96. The molecule has 0 bridgehead atoms. The maximum Gasteiger partial charge on any atom is 0.259 e. The van der Waals surface area contributed by atoms with Gasteiger partial charge in [-0.15, -0.1) is 0 Å². The van der Waals surface area contributed by atoms with Crippen LogP contribution >= 0.6 is 23.2 Å². The van der Waals surface area contributed by atoms with Crippen LogP contribution in [0.5, 0.6) is 11.5 Å². The number of phenolic OH excluding ortho intramolecular Hbond substituents is 1. The summed E-state index contributed by atoms with van der Waals surface area (Å²) in [5, 5.41) is 12.6. The van der Waals surface area contributed by atoms with Gasteiger partial charge < -0.3 is 15.2 Å². The third-order valence-electron chi connectivity index (χ3n) is 2.61. The van der Waals surface area contributed by atoms with Crippen molar-refractivity contribution in [1.82, 2.24) is 0 Å². The molecule has 0 saturated carbocycles. The molecule has 1 amide bonds. The zero-order chi connectivity index (χ0) is 14.7. The van der Waals surface area contributed by atoms with Gasteiger partial charge >= 0.3 is 0 Å². The number of phenols is 1. The van der Waals surface area contributed by atoms with Gasteiger partial charge in [0.15, 0.2) is 0 Å². The largest absolute Gasteiger partial charge is 0.508 e. The van der Waals surface area contributed by atoms with Crippen LogP contribution in [-0.2, 0) is 0 Å². The molecule has 0 aliphatic heterocycles. The van der Waals surface area contributed by atoms with Crippen LogP contribution in [-0.4, -0.2) is 18.1 Å². The Morgan fingerprint density at radius 1 is 1.20 bits per heavy atom. The van der Waals surface area contributed by atoms with E-state index in [2.05, 4.69) is 5.32 Å². The second-order valence-electron chi connectivity index (χ2n) is 3.96. The third kappa shape index (κ3) is 3.15. The van der Waals surface area contributed by atoms with Crippen molar-refractivity contribution < 1.29 is 14.6 Å². The molecule has 4 nitrogen and oxygen atoms in total. The number of ether oxygens (including phenoxy) is 1. The van der Waals surface area contributed by atoms with Crippen molar-refractivity contribution in [3.63, 3.8) is 0 Å². The SMILES string of the molecule is COc1ccc(Cl)cc1C(=O)Nc1ccc(O)cc1Cl. The second-order valence-corrected chi connectivity index (χ2v) is 4.81. The molecule has 2 aromatic carbocycles. The summed E-state index contributed by atoms with van der Waals surface area (Å²) in [4.78, 5) is 12.2. The quantitative estimate of drug-likeness (QED) is 0.843. The van der Waals surface area contributed by atoms with Crippen LogP contribution in [0, 0.1) is 0 Å². The maximum absolute atomic E-state index is 12.2. The topological polar surface area (TPSA) is 58.6 Å². The second kappa shape index (κ2) is 6.03. The van der Waals surface area contributed by atoms with Crippen molar-refractivity contribution in [2.75, 3.05) is 12.4 Å². The summed E-state index contributed by atoms with van der Waals surface area (Å²) in [6.45, 7) is 0. The molecule has 0 aliphatic rings. The first-order valence-electron chi connectivity index (χ1n) is 5.64. The van der Waals surface area contributed by atoms with Crippen LogP contribution in [0.1, 0.15) is 10.4 Å². The van der Waals surface area contributed by atoms with Gasteiger partial charge in [0.25, 0.3) is 5.91 Å². The van der Waals surface area contributed by atoms with Crippen LogP contribution in [0.4, 0.5) is 5.69 Å². The van der Waals surface area contributed by atoms with Gasteiger partial charge in [-0.3, -0.25) is 4.79 Å². The Morgan fingerprint density at radius 3 is 2.60 bits per heavy atom. The summed E-state index contributed by atoms with van der Waals surface area (Å²) in [7, 11) is 1.47. The first-order chi connectivity index (χ1) is 9.51. The Hall–Kier alpha value is -1.91. The fourth-order valence-corrected chi connectivity index (χ4v) is 2.05. The lowest BCUT2D eigenvalue weighted by molar-refractivity contribution is 0.102. The highest BCUT2D eigenvalue weighted by molar-refractivity contribution is 6.34. The van der Waals surface area contributed by atoms with Crippen molar-refractivity contribution in [2.45, 2.75) is 0 Å². The number of halogens is 2. The molecule has 0 aliphatic carbocycles. The standard InChI is InChI=1S/C14H11Cl2NO3/c1-20-13-5-2-8(15)6-10(13)14(19)17-12-4-3-9(18)7-11(12)16/h2-7,18H,1H3,(H,17,19). The minimum atomic E-state index is -0.406. The summed E-state index contributed by atoms with van der Waals surface area (Å²) in [6.07, 6.45) is 0. The van der Waals surface area contributed by atoms with E-state index in [9.17, 15) is 9.90 Å². The van der Waals surface area contributed by atoms with E-state index in [1.807, 2.05) is 0 Å². The van der Waals surface area contributed by atoms with Crippen LogP contribution in [0.2, 0.25) is 10.0 Å².